The average molecular weight is 221 g/mol. The van der Waals surface area contributed by atoms with Crippen LogP contribution in [-0.2, 0) is 0 Å². The molecule has 1 atom stereocenters. The number of rotatable bonds is 6. The fraction of sp³-hybridized carbons (Fsp3) is 0.385. The molecule has 0 fully saturated rings. The van der Waals surface area contributed by atoms with E-state index in [-0.39, 0.29) is 0 Å². The number of hydrogen-bond acceptors (Lipinski definition) is 2. The predicted molar refractivity (Wildman–Crippen MR) is 71.1 cm³/mol. The molecule has 0 amide bonds. The minimum atomic E-state index is 0.347. The smallest absolute Gasteiger partial charge is 0.0127 e. The van der Waals surface area contributed by atoms with E-state index in [1.807, 2.05) is 17.8 Å². The van der Waals surface area contributed by atoms with Crippen LogP contribution in [0.25, 0.3) is 6.08 Å². The molecule has 0 aliphatic rings. The van der Waals surface area contributed by atoms with Crippen LogP contribution in [0.1, 0.15) is 18.9 Å². The zero-order valence-corrected chi connectivity index (χ0v) is 10.0. The minimum absolute atomic E-state index is 0.347. The van der Waals surface area contributed by atoms with E-state index in [1.165, 1.54) is 5.56 Å². The van der Waals surface area contributed by atoms with Gasteiger partial charge >= 0.3 is 0 Å². The molecular weight excluding hydrogens is 202 g/mol. The first-order chi connectivity index (χ1) is 7.33. The molecule has 0 heterocycles. The highest BCUT2D eigenvalue weighted by Gasteiger charge is 1.96. The standard InChI is InChI=1S/C13H19NS/c1-2-13(14)11-15-10-6-9-12-7-4-3-5-8-12/h3-9,13H,2,10-11,14H2,1H3. The first kappa shape index (κ1) is 12.3. The van der Waals surface area contributed by atoms with Gasteiger partial charge in [0.25, 0.3) is 0 Å². The summed E-state index contributed by atoms with van der Waals surface area (Å²) in [6.07, 6.45) is 5.42. The van der Waals surface area contributed by atoms with Crippen LogP contribution < -0.4 is 5.73 Å². The third kappa shape index (κ3) is 5.65. The van der Waals surface area contributed by atoms with Crippen molar-refractivity contribution in [2.75, 3.05) is 11.5 Å². The van der Waals surface area contributed by atoms with Crippen molar-refractivity contribution in [2.45, 2.75) is 19.4 Å². The molecule has 15 heavy (non-hydrogen) atoms. The van der Waals surface area contributed by atoms with Gasteiger partial charge in [-0.05, 0) is 12.0 Å². The van der Waals surface area contributed by atoms with Crippen LogP contribution in [0.15, 0.2) is 36.4 Å². The summed E-state index contributed by atoms with van der Waals surface area (Å²) >= 11 is 1.89. The predicted octanol–water partition coefficient (Wildman–Crippen LogP) is 3.17. The van der Waals surface area contributed by atoms with Crippen LogP contribution in [-0.4, -0.2) is 17.5 Å². The van der Waals surface area contributed by atoms with Gasteiger partial charge in [-0.25, -0.2) is 0 Å². The van der Waals surface area contributed by atoms with E-state index in [0.29, 0.717) is 6.04 Å². The zero-order chi connectivity index (χ0) is 10.9. The van der Waals surface area contributed by atoms with Crippen molar-refractivity contribution in [1.82, 2.24) is 0 Å². The molecule has 0 aliphatic carbocycles. The van der Waals surface area contributed by atoms with E-state index in [2.05, 4.69) is 43.3 Å². The van der Waals surface area contributed by atoms with Gasteiger partial charge in [-0.2, -0.15) is 11.8 Å². The molecule has 0 aliphatic heterocycles. The lowest BCUT2D eigenvalue weighted by Crippen LogP contribution is -2.21. The maximum absolute atomic E-state index is 5.82. The SMILES string of the molecule is CCC(N)CSCC=Cc1ccccc1. The van der Waals surface area contributed by atoms with Crippen molar-refractivity contribution in [1.29, 1.82) is 0 Å². The maximum Gasteiger partial charge on any atom is 0.0127 e. The summed E-state index contributed by atoms with van der Waals surface area (Å²) < 4.78 is 0. The van der Waals surface area contributed by atoms with Gasteiger partial charge in [-0.15, -0.1) is 0 Å². The second-order valence-electron chi connectivity index (χ2n) is 3.52. The third-order valence-electron chi connectivity index (χ3n) is 2.18. The van der Waals surface area contributed by atoms with Crippen molar-refractivity contribution < 1.29 is 0 Å². The van der Waals surface area contributed by atoms with Gasteiger partial charge in [0.05, 0.1) is 0 Å². The van der Waals surface area contributed by atoms with Crippen molar-refractivity contribution in [2.24, 2.45) is 5.73 Å². The van der Waals surface area contributed by atoms with Crippen LogP contribution >= 0.6 is 11.8 Å². The molecule has 0 spiro atoms. The lowest BCUT2D eigenvalue weighted by atomic mass is 10.2. The van der Waals surface area contributed by atoms with E-state index < -0.39 is 0 Å². The van der Waals surface area contributed by atoms with Crippen LogP contribution in [0.3, 0.4) is 0 Å². The molecular formula is C13H19NS. The normalized spacial score (nSPS) is 13.2. The van der Waals surface area contributed by atoms with Gasteiger partial charge in [0.15, 0.2) is 0 Å². The van der Waals surface area contributed by atoms with Crippen molar-refractivity contribution in [3.63, 3.8) is 0 Å². The highest BCUT2D eigenvalue weighted by atomic mass is 32.2. The Morgan fingerprint density at radius 1 is 1.33 bits per heavy atom. The quantitative estimate of drug-likeness (QED) is 0.747. The molecule has 0 saturated heterocycles. The first-order valence-electron chi connectivity index (χ1n) is 5.38. The van der Waals surface area contributed by atoms with Gasteiger partial charge in [0.1, 0.15) is 0 Å². The van der Waals surface area contributed by atoms with Crippen LogP contribution in [0.4, 0.5) is 0 Å². The number of nitrogens with two attached hydrogens (primary N) is 1. The third-order valence-corrected chi connectivity index (χ3v) is 3.27. The Hall–Kier alpha value is -0.730. The summed E-state index contributed by atoms with van der Waals surface area (Å²) in [5.74, 6) is 2.10. The molecule has 1 aromatic carbocycles. The van der Waals surface area contributed by atoms with E-state index >= 15 is 0 Å². The molecule has 0 aromatic heterocycles. The summed E-state index contributed by atoms with van der Waals surface area (Å²) in [5, 5.41) is 0. The van der Waals surface area contributed by atoms with Crippen LogP contribution in [0.5, 0.6) is 0 Å². The Bertz CT molecular complexity index is 282. The number of thioether (sulfide) groups is 1. The molecule has 82 valence electrons. The lowest BCUT2D eigenvalue weighted by Gasteiger charge is -2.05. The molecule has 0 radical (unpaired) electrons. The molecule has 0 saturated carbocycles. The Balaban J connectivity index is 2.18. The van der Waals surface area contributed by atoms with Crippen LogP contribution in [0, 0.1) is 0 Å². The second kappa shape index (κ2) is 7.55. The topological polar surface area (TPSA) is 26.0 Å². The maximum atomic E-state index is 5.82. The van der Waals surface area contributed by atoms with E-state index in [0.717, 1.165) is 17.9 Å². The Morgan fingerprint density at radius 2 is 2.07 bits per heavy atom. The summed E-state index contributed by atoms with van der Waals surface area (Å²) in [5.41, 5.74) is 7.08. The molecule has 2 N–H and O–H groups in total. The average Bonchev–Trinajstić information content (AvgIpc) is 2.29. The van der Waals surface area contributed by atoms with E-state index in [1.54, 1.807) is 0 Å². The number of hydrogen-bond donors (Lipinski definition) is 1. The molecule has 1 aromatic rings. The van der Waals surface area contributed by atoms with Crippen molar-refractivity contribution >= 4 is 17.8 Å². The van der Waals surface area contributed by atoms with Gasteiger partial charge in [-0.3, -0.25) is 0 Å². The lowest BCUT2D eigenvalue weighted by molar-refractivity contribution is 0.725. The highest BCUT2D eigenvalue weighted by molar-refractivity contribution is 7.99. The van der Waals surface area contributed by atoms with Gasteiger partial charge in [-0.1, -0.05) is 49.4 Å². The van der Waals surface area contributed by atoms with Gasteiger partial charge in [0, 0.05) is 17.5 Å². The Labute approximate surface area is 96.8 Å². The Morgan fingerprint density at radius 3 is 2.73 bits per heavy atom. The summed E-state index contributed by atoms with van der Waals surface area (Å²) in [6.45, 7) is 2.13. The largest absolute Gasteiger partial charge is 0.327 e. The Kier molecular flexibility index (Phi) is 6.21. The summed E-state index contributed by atoms with van der Waals surface area (Å²) in [7, 11) is 0. The highest BCUT2D eigenvalue weighted by Crippen LogP contribution is 2.06. The molecule has 2 heteroatoms. The monoisotopic (exact) mass is 221 g/mol. The minimum Gasteiger partial charge on any atom is -0.327 e. The van der Waals surface area contributed by atoms with E-state index in [4.69, 9.17) is 5.73 Å². The second-order valence-corrected chi connectivity index (χ2v) is 4.59. The zero-order valence-electron chi connectivity index (χ0n) is 9.23. The van der Waals surface area contributed by atoms with Crippen molar-refractivity contribution in [3.8, 4) is 0 Å². The fourth-order valence-corrected chi connectivity index (χ4v) is 2.06. The fourth-order valence-electron chi connectivity index (χ4n) is 1.15. The van der Waals surface area contributed by atoms with Gasteiger partial charge in [0.2, 0.25) is 0 Å². The molecule has 1 rings (SSSR count). The summed E-state index contributed by atoms with van der Waals surface area (Å²) in [6, 6.07) is 10.7. The van der Waals surface area contributed by atoms with E-state index in [9.17, 15) is 0 Å². The van der Waals surface area contributed by atoms with Gasteiger partial charge < -0.3 is 5.73 Å². The first-order valence-corrected chi connectivity index (χ1v) is 6.53. The number of benzene rings is 1. The molecule has 0 bridgehead atoms. The molecule has 1 nitrogen and oxygen atoms in total. The van der Waals surface area contributed by atoms with Crippen LogP contribution in [0.2, 0.25) is 0 Å². The van der Waals surface area contributed by atoms with Crippen molar-refractivity contribution in [3.05, 3.63) is 42.0 Å². The summed E-state index contributed by atoms with van der Waals surface area (Å²) in [4.78, 5) is 0. The molecule has 1 unspecified atom stereocenters.